The minimum Gasteiger partial charge on any atom is -0.463 e. The van der Waals surface area contributed by atoms with Crippen molar-refractivity contribution in [2.24, 2.45) is 5.92 Å². The molecule has 0 spiro atoms. The van der Waals surface area contributed by atoms with Crippen LogP contribution < -0.4 is 4.74 Å². The van der Waals surface area contributed by atoms with E-state index in [9.17, 15) is 9.59 Å². The molecule has 0 saturated heterocycles. The third-order valence-corrected chi connectivity index (χ3v) is 2.54. The molecule has 108 valence electrons. The van der Waals surface area contributed by atoms with Crippen LogP contribution in [0.25, 0.3) is 0 Å². The first-order valence-electron chi connectivity index (χ1n) is 6.29. The van der Waals surface area contributed by atoms with E-state index in [1.807, 2.05) is 13.8 Å². The van der Waals surface area contributed by atoms with Crippen LogP contribution in [0.3, 0.4) is 0 Å². The first kappa shape index (κ1) is 16.2. The molecule has 20 heavy (non-hydrogen) atoms. The number of carbonyl (C=O) groups is 2. The minimum absolute atomic E-state index is 0.320. The lowest BCUT2D eigenvalue weighted by molar-refractivity contribution is -0.138. The number of halogens is 1. The van der Waals surface area contributed by atoms with E-state index in [-0.39, 0.29) is 0 Å². The molecule has 0 radical (unpaired) electrons. The van der Waals surface area contributed by atoms with Gasteiger partial charge in [0.25, 0.3) is 0 Å². The van der Waals surface area contributed by atoms with Crippen LogP contribution in [0.1, 0.15) is 20.3 Å². The summed E-state index contributed by atoms with van der Waals surface area (Å²) >= 11 is 5.76. The molecule has 1 aromatic carbocycles. The Bertz CT molecular complexity index is 494. The van der Waals surface area contributed by atoms with E-state index in [2.05, 4.69) is 0 Å². The van der Waals surface area contributed by atoms with Crippen molar-refractivity contribution < 1.29 is 19.1 Å². The Hall–Kier alpha value is -1.81. The maximum atomic E-state index is 11.5. The molecule has 0 aliphatic carbocycles. The molecular weight excluding hydrogens is 280 g/mol. The van der Waals surface area contributed by atoms with Gasteiger partial charge >= 0.3 is 11.9 Å². The van der Waals surface area contributed by atoms with Crippen molar-refractivity contribution in [2.75, 3.05) is 6.61 Å². The van der Waals surface area contributed by atoms with E-state index in [1.165, 1.54) is 6.07 Å². The summed E-state index contributed by atoms with van der Waals surface area (Å²) in [6.45, 7) is 4.41. The van der Waals surface area contributed by atoms with Gasteiger partial charge in [0.1, 0.15) is 5.75 Å². The zero-order chi connectivity index (χ0) is 15.0. The normalized spacial score (nSPS) is 10.8. The Labute approximate surface area is 123 Å². The lowest BCUT2D eigenvalue weighted by Gasteiger charge is -2.04. The third kappa shape index (κ3) is 6.95. The van der Waals surface area contributed by atoms with E-state index in [4.69, 9.17) is 21.1 Å². The van der Waals surface area contributed by atoms with Crippen LogP contribution in [0, 0.1) is 5.92 Å². The van der Waals surface area contributed by atoms with Crippen LogP contribution in [0.4, 0.5) is 0 Å². The minimum atomic E-state index is -0.659. The van der Waals surface area contributed by atoms with E-state index >= 15 is 0 Å². The molecule has 0 aliphatic rings. The van der Waals surface area contributed by atoms with Gasteiger partial charge in [-0.05, 0) is 30.5 Å². The fourth-order valence-electron chi connectivity index (χ4n) is 1.26. The van der Waals surface area contributed by atoms with Gasteiger partial charge in [-0.1, -0.05) is 31.5 Å². The van der Waals surface area contributed by atoms with Gasteiger partial charge in [-0.2, -0.15) is 0 Å². The highest BCUT2D eigenvalue weighted by molar-refractivity contribution is 6.30. The third-order valence-electron chi connectivity index (χ3n) is 2.31. The zero-order valence-corrected chi connectivity index (χ0v) is 12.2. The highest BCUT2D eigenvalue weighted by Crippen LogP contribution is 2.17. The second-order valence-corrected chi connectivity index (χ2v) is 5.00. The second kappa shape index (κ2) is 8.38. The topological polar surface area (TPSA) is 52.6 Å². The number of ether oxygens (including phenoxy) is 2. The van der Waals surface area contributed by atoms with Crippen LogP contribution in [0.15, 0.2) is 36.4 Å². The predicted molar refractivity (Wildman–Crippen MR) is 76.6 cm³/mol. The van der Waals surface area contributed by atoms with Crippen LogP contribution in [0.2, 0.25) is 5.02 Å². The number of benzene rings is 1. The molecule has 4 nitrogen and oxygen atoms in total. The van der Waals surface area contributed by atoms with Crippen molar-refractivity contribution in [3.05, 3.63) is 41.4 Å². The summed E-state index contributed by atoms with van der Waals surface area (Å²) in [6, 6.07) is 6.43. The van der Waals surface area contributed by atoms with Crippen molar-refractivity contribution in [3.63, 3.8) is 0 Å². The molecule has 0 atom stereocenters. The lowest BCUT2D eigenvalue weighted by atomic mass is 10.1. The van der Waals surface area contributed by atoms with E-state index in [0.29, 0.717) is 23.3 Å². The number of esters is 2. The second-order valence-electron chi connectivity index (χ2n) is 4.56. The fraction of sp³-hybridized carbons (Fsp3) is 0.333. The monoisotopic (exact) mass is 296 g/mol. The number of hydrogen-bond donors (Lipinski definition) is 0. The highest BCUT2D eigenvalue weighted by Gasteiger charge is 2.03. The first-order valence-corrected chi connectivity index (χ1v) is 6.67. The Morgan fingerprint density at radius 2 is 1.95 bits per heavy atom. The fourth-order valence-corrected chi connectivity index (χ4v) is 1.44. The van der Waals surface area contributed by atoms with Gasteiger partial charge in [-0.25, -0.2) is 9.59 Å². The summed E-state index contributed by atoms with van der Waals surface area (Å²) in [6.07, 6.45) is 2.86. The Morgan fingerprint density at radius 3 is 2.60 bits per heavy atom. The van der Waals surface area contributed by atoms with Gasteiger partial charge in [0.15, 0.2) is 0 Å². The van der Waals surface area contributed by atoms with Crippen molar-refractivity contribution in [1.29, 1.82) is 0 Å². The highest BCUT2D eigenvalue weighted by atomic mass is 35.5. The van der Waals surface area contributed by atoms with Crippen LogP contribution in [-0.4, -0.2) is 18.5 Å². The van der Waals surface area contributed by atoms with Gasteiger partial charge in [0, 0.05) is 17.2 Å². The number of carbonyl (C=O) groups excluding carboxylic acids is 2. The number of hydrogen-bond acceptors (Lipinski definition) is 4. The zero-order valence-electron chi connectivity index (χ0n) is 11.5. The lowest BCUT2D eigenvalue weighted by Crippen LogP contribution is -2.08. The van der Waals surface area contributed by atoms with Gasteiger partial charge < -0.3 is 9.47 Å². The van der Waals surface area contributed by atoms with Crippen LogP contribution in [0.5, 0.6) is 5.75 Å². The molecule has 0 N–H and O–H groups in total. The van der Waals surface area contributed by atoms with Crippen molar-refractivity contribution >= 4 is 23.5 Å². The van der Waals surface area contributed by atoms with Crippen LogP contribution in [-0.2, 0) is 14.3 Å². The van der Waals surface area contributed by atoms with Crippen molar-refractivity contribution in [2.45, 2.75) is 20.3 Å². The van der Waals surface area contributed by atoms with Crippen molar-refractivity contribution in [3.8, 4) is 5.75 Å². The molecule has 0 aliphatic heterocycles. The van der Waals surface area contributed by atoms with Gasteiger partial charge in [-0.15, -0.1) is 0 Å². The summed E-state index contributed by atoms with van der Waals surface area (Å²) in [7, 11) is 0. The van der Waals surface area contributed by atoms with E-state index in [0.717, 1.165) is 18.6 Å². The summed E-state index contributed by atoms with van der Waals surface area (Å²) in [5, 5.41) is 0.465. The van der Waals surface area contributed by atoms with Gasteiger partial charge in [0.2, 0.25) is 0 Å². The average molecular weight is 297 g/mol. The Kier molecular flexibility index (Phi) is 6.81. The molecule has 0 heterocycles. The summed E-state index contributed by atoms with van der Waals surface area (Å²) in [5.74, 6) is -0.443. The average Bonchev–Trinajstić information content (AvgIpc) is 2.36. The molecule has 0 unspecified atom stereocenters. The Balaban J connectivity index is 2.38. The smallest absolute Gasteiger partial charge is 0.336 e. The molecule has 5 heteroatoms. The predicted octanol–water partition coefficient (Wildman–Crippen LogP) is 3.39. The first-order chi connectivity index (χ1) is 9.47. The molecule has 0 amide bonds. The summed E-state index contributed by atoms with van der Waals surface area (Å²) < 4.78 is 9.89. The molecule has 0 fully saturated rings. The maximum Gasteiger partial charge on any atom is 0.336 e. The molecule has 0 saturated carbocycles. The quantitative estimate of drug-likeness (QED) is 0.459. The molecule has 1 rings (SSSR count). The van der Waals surface area contributed by atoms with Gasteiger partial charge in [0.05, 0.1) is 6.61 Å². The van der Waals surface area contributed by atoms with E-state index in [1.54, 1.807) is 18.2 Å². The van der Waals surface area contributed by atoms with Crippen LogP contribution >= 0.6 is 11.6 Å². The number of rotatable bonds is 6. The Morgan fingerprint density at radius 1 is 1.25 bits per heavy atom. The largest absolute Gasteiger partial charge is 0.463 e. The maximum absolute atomic E-state index is 11.5. The molecule has 0 bridgehead atoms. The molecule has 0 aromatic heterocycles. The summed E-state index contributed by atoms with van der Waals surface area (Å²) in [4.78, 5) is 22.7. The molecule has 1 aromatic rings. The molecular formula is C15H17ClO4. The van der Waals surface area contributed by atoms with E-state index < -0.39 is 11.9 Å². The SMILES string of the molecule is CC(C)CCOC(=O)/C=C/C(=O)Oc1cccc(Cl)c1. The van der Waals surface area contributed by atoms with Gasteiger partial charge in [-0.3, -0.25) is 0 Å². The summed E-state index contributed by atoms with van der Waals surface area (Å²) in [5.41, 5.74) is 0. The standard InChI is InChI=1S/C15H17ClO4/c1-11(2)8-9-19-14(17)6-7-15(18)20-13-5-3-4-12(16)10-13/h3-7,10-11H,8-9H2,1-2H3/b7-6+. The van der Waals surface area contributed by atoms with Crippen molar-refractivity contribution in [1.82, 2.24) is 0 Å².